The van der Waals surface area contributed by atoms with Crippen molar-refractivity contribution in [2.45, 2.75) is 0 Å². The number of carbonyl (C=O) groups is 1. The lowest BCUT2D eigenvalue weighted by molar-refractivity contribution is -0.111. The molecule has 2 N–H and O–H groups in total. The molecule has 0 unspecified atom stereocenters. The molecule has 0 atom stereocenters. The van der Waals surface area contributed by atoms with Gasteiger partial charge in [-0.2, -0.15) is 0 Å². The molecule has 1 amide bonds. The van der Waals surface area contributed by atoms with Gasteiger partial charge >= 0.3 is 0 Å². The molecular formula is C9H7F2NO2. The third-order valence-electron chi connectivity index (χ3n) is 1.48. The van der Waals surface area contributed by atoms with Crippen LogP contribution >= 0.6 is 0 Å². The molecule has 0 saturated heterocycles. The normalized spacial score (nSPS) is 9.57. The Balaban J connectivity index is 3.03. The summed E-state index contributed by atoms with van der Waals surface area (Å²) in [6.07, 6.45) is 0.921. The van der Waals surface area contributed by atoms with Gasteiger partial charge in [0.1, 0.15) is 0 Å². The minimum atomic E-state index is -1.01. The Kier molecular flexibility index (Phi) is 2.81. The highest BCUT2D eigenvalue weighted by atomic mass is 19.1. The Hall–Kier alpha value is -1.91. The molecular weight excluding hydrogens is 192 g/mol. The van der Waals surface area contributed by atoms with Gasteiger partial charge in [0.05, 0.1) is 5.69 Å². The molecule has 74 valence electrons. The van der Waals surface area contributed by atoms with E-state index in [0.29, 0.717) is 12.1 Å². The fourth-order valence-electron chi connectivity index (χ4n) is 0.816. The highest BCUT2D eigenvalue weighted by Gasteiger charge is 2.09. The zero-order valence-electron chi connectivity index (χ0n) is 7.05. The molecule has 1 aromatic carbocycles. The number of nitrogens with one attached hydrogen (secondary N) is 1. The maximum absolute atomic E-state index is 13.0. The molecule has 0 bridgehead atoms. The standard InChI is InChI=1S/C9H7F2NO2/c1-2-9(14)12-7-3-6(11)8(13)4-5(7)10/h2-4,13H,1H2,(H,12,14). The van der Waals surface area contributed by atoms with Gasteiger partial charge in [-0.15, -0.1) is 0 Å². The minimum absolute atomic E-state index is 0.342. The SMILES string of the molecule is C=CC(=O)Nc1cc(F)c(O)cc1F. The van der Waals surface area contributed by atoms with Crippen LogP contribution in [0.2, 0.25) is 0 Å². The third kappa shape index (κ3) is 2.07. The van der Waals surface area contributed by atoms with Crippen molar-refractivity contribution in [2.24, 2.45) is 0 Å². The van der Waals surface area contributed by atoms with Crippen LogP contribution in [0, 0.1) is 11.6 Å². The minimum Gasteiger partial charge on any atom is -0.505 e. The van der Waals surface area contributed by atoms with Crippen molar-refractivity contribution in [1.82, 2.24) is 0 Å². The van der Waals surface area contributed by atoms with Gasteiger partial charge in [-0.1, -0.05) is 6.58 Å². The summed E-state index contributed by atoms with van der Waals surface area (Å²) < 4.78 is 25.7. The van der Waals surface area contributed by atoms with Gasteiger partial charge in [0.2, 0.25) is 5.91 Å². The van der Waals surface area contributed by atoms with Crippen molar-refractivity contribution >= 4 is 11.6 Å². The first-order chi connectivity index (χ1) is 6.54. The Morgan fingerprint density at radius 3 is 2.64 bits per heavy atom. The van der Waals surface area contributed by atoms with E-state index < -0.39 is 23.3 Å². The molecule has 0 heterocycles. The second-order valence-electron chi connectivity index (χ2n) is 2.48. The Morgan fingerprint density at radius 2 is 2.07 bits per heavy atom. The first-order valence-electron chi connectivity index (χ1n) is 3.66. The van der Waals surface area contributed by atoms with Gasteiger partial charge in [0.15, 0.2) is 17.4 Å². The summed E-state index contributed by atoms with van der Waals surface area (Å²) in [6.45, 7) is 3.15. The zero-order chi connectivity index (χ0) is 10.7. The number of rotatable bonds is 2. The molecule has 1 aromatic rings. The second-order valence-corrected chi connectivity index (χ2v) is 2.48. The van der Waals surface area contributed by atoms with Crippen molar-refractivity contribution < 1.29 is 18.7 Å². The predicted octanol–water partition coefficient (Wildman–Crippen LogP) is 1.79. The molecule has 0 aliphatic carbocycles. The van der Waals surface area contributed by atoms with E-state index >= 15 is 0 Å². The molecule has 5 heteroatoms. The highest BCUT2D eigenvalue weighted by Crippen LogP contribution is 2.23. The number of amides is 1. The Morgan fingerprint density at radius 1 is 1.43 bits per heavy atom. The van der Waals surface area contributed by atoms with Crippen LogP contribution in [0.5, 0.6) is 5.75 Å². The zero-order valence-corrected chi connectivity index (χ0v) is 7.05. The number of halogens is 2. The summed E-state index contributed by atoms with van der Waals surface area (Å²) >= 11 is 0. The lowest BCUT2D eigenvalue weighted by atomic mass is 10.2. The van der Waals surface area contributed by atoms with Crippen molar-refractivity contribution in [3.63, 3.8) is 0 Å². The number of benzene rings is 1. The van der Waals surface area contributed by atoms with Crippen molar-refractivity contribution in [3.05, 3.63) is 36.4 Å². The fraction of sp³-hybridized carbons (Fsp3) is 0. The topological polar surface area (TPSA) is 49.3 Å². The number of carbonyl (C=O) groups excluding carboxylic acids is 1. The lowest BCUT2D eigenvalue weighted by Crippen LogP contribution is -2.09. The molecule has 0 saturated carbocycles. The average Bonchev–Trinajstić information content (AvgIpc) is 2.14. The molecule has 0 spiro atoms. The lowest BCUT2D eigenvalue weighted by Gasteiger charge is -2.04. The van der Waals surface area contributed by atoms with Crippen LogP contribution in [0.25, 0.3) is 0 Å². The van der Waals surface area contributed by atoms with E-state index in [-0.39, 0.29) is 5.69 Å². The van der Waals surface area contributed by atoms with Crippen LogP contribution in [0.1, 0.15) is 0 Å². The Bertz CT molecular complexity index is 391. The molecule has 0 aromatic heterocycles. The summed E-state index contributed by atoms with van der Waals surface area (Å²) in [6, 6.07) is 1.26. The predicted molar refractivity (Wildman–Crippen MR) is 46.8 cm³/mol. The summed E-state index contributed by atoms with van der Waals surface area (Å²) in [5.74, 6) is -3.39. The number of phenolic OH excluding ortho intramolecular Hbond substituents is 1. The van der Waals surface area contributed by atoms with Gasteiger partial charge in [0.25, 0.3) is 0 Å². The quantitative estimate of drug-likeness (QED) is 0.563. The van der Waals surface area contributed by atoms with E-state index in [2.05, 4.69) is 6.58 Å². The van der Waals surface area contributed by atoms with E-state index in [0.717, 1.165) is 6.08 Å². The maximum atomic E-state index is 13.0. The van der Waals surface area contributed by atoms with Crippen LogP contribution in [0.15, 0.2) is 24.8 Å². The van der Waals surface area contributed by atoms with E-state index in [9.17, 15) is 13.6 Å². The molecule has 3 nitrogen and oxygen atoms in total. The van der Waals surface area contributed by atoms with Gasteiger partial charge in [-0.25, -0.2) is 8.78 Å². The number of aromatic hydroxyl groups is 1. The molecule has 0 radical (unpaired) electrons. The van der Waals surface area contributed by atoms with Crippen molar-refractivity contribution in [2.75, 3.05) is 5.32 Å². The Labute approximate surface area is 78.7 Å². The maximum Gasteiger partial charge on any atom is 0.247 e. The summed E-state index contributed by atoms with van der Waals surface area (Å²) in [5, 5.41) is 10.8. The highest BCUT2D eigenvalue weighted by molar-refractivity contribution is 5.98. The molecule has 14 heavy (non-hydrogen) atoms. The van der Waals surface area contributed by atoms with Gasteiger partial charge in [0, 0.05) is 12.1 Å². The first-order valence-corrected chi connectivity index (χ1v) is 3.66. The van der Waals surface area contributed by atoms with Crippen LogP contribution in [-0.2, 0) is 4.79 Å². The summed E-state index contributed by atoms with van der Waals surface area (Å²) in [5.41, 5.74) is -0.342. The van der Waals surface area contributed by atoms with Gasteiger partial charge in [-0.05, 0) is 6.08 Å². The number of hydrogen-bond acceptors (Lipinski definition) is 2. The molecule has 1 rings (SSSR count). The average molecular weight is 199 g/mol. The first kappa shape index (κ1) is 10.2. The van der Waals surface area contributed by atoms with Crippen LogP contribution in [-0.4, -0.2) is 11.0 Å². The largest absolute Gasteiger partial charge is 0.505 e. The van der Waals surface area contributed by atoms with E-state index in [4.69, 9.17) is 5.11 Å². The van der Waals surface area contributed by atoms with Gasteiger partial charge in [-0.3, -0.25) is 4.79 Å². The monoisotopic (exact) mass is 199 g/mol. The van der Waals surface area contributed by atoms with E-state index in [1.165, 1.54) is 0 Å². The van der Waals surface area contributed by atoms with Crippen LogP contribution < -0.4 is 5.32 Å². The summed E-state index contributed by atoms with van der Waals surface area (Å²) in [4.78, 5) is 10.7. The third-order valence-corrected chi connectivity index (χ3v) is 1.48. The van der Waals surface area contributed by atoms with Crippen LogP contribution in [0.3, 0.4) is 0 Å². The number of phenols is 1. The van der Waals surface area contributed by atoms with E-state index in [1.807, 2.05) is 5.32 Å². The van der Waals surface area contributed by atoms with Crippen LogP contribution in [0.4, 0.5) is 14.5 Å². The van der Waals surface area contributed by atoms with Crippen molar-refractivity contribution in [3.8, 4) is 5.75 Å². The molecule has 0 aliphatic heterocycles. The summed E-state index contributed by atoms with van der Waals surface area (Å²) in [7, 11) is 0. The van der Waals surface area contributed by atoms with Crippen molar-refractivity contribution in [1.29, 1.82) is 0 Å². The smallest absolute Gasteiger partial charge is 0.247 e. The number of hydrogen-bond donors (Lipinski definition) is 2. The fourth-order valence-corrected chi connectivity index (χ4v) is 0.816. The number of anilines is 1. The second kappa shape index (κ2) is 3.87. The molecule has 0 aliphatic rings. The molecule has 0 fully saturated rings. The van der Waals surface area contributed by atoms with Gasteiger partial charge < -0.3 is 10.4 Å². The van der Waals surface area contributed by atoms with E-state index in [1.54, 1.807) is 0 Å².